The molecule has 168 valence electrons. The maximum Gasteiger partial charge on any atom is 0.141 e. The van der Waals surface area contributed by atoms with E-state index in [0.29, 0.717) is 11.8 Å². The van der Waals surface area contributed by atoms with E-state index in [1.807, 2.05) is 0 Å². The molecule has 0 amide bonds. The molecular weight excluding hydrogens is 396 g/mol. The van der Waals surface area contributed by atoms with Crippen LogP contribution >= 0.6 is 0 Å². The molecule has 3 aliphatic rings. The molecule has 1 aromatic heterocycles. The third kappa shape index (κ3) is 4.06. The molecule has 32 heavy (non-hydrogen) atoms. The van der Waals surface area contributed by atoms with E-state index in [1.54, 1.807) is 13.4 Å². The number of piperidine rings is 1. The molecule has 2 N–H and O–H groups in total. The Bertz CT molecular complexity index is 1110. The van der Waals surface area contributed by atoms with Crippen LogP contribution in [-0.2, 0) is 4.74 Å². The molecule has 5 rings (SSSR count). The number of hydrogen-bond acceptors (Lipinski definition) is 4. The van der Waals surface area contributed by atoms with Crippen LogP contribution in [0.15, 0.2) is 46.1 Å². The lowest BCUT2D eigenvalue weighted by Gasteiger charge is -2.23. The largest absolute Gasteiger partial charge is 0.495 e. The van der Waals surface area contributed by atoms with E-state index in [0.717, 1.165) is 43.8 Å². The van der Waals surface area contributed by atoms with E-state index in [2.05, 4.69) is 64.5 Å². The highest BCUT2D eigenvalue weighted by Crippen LogP contribution is 2.37. The molecule has 5 heteroatoms. The Morgan fingerprint density at radius 3 is 2.75 bits per heavy atom. The molecule has 5 nitrogen and oxygen atoms in total. The van der Waals surface area contributed by atoms with Crippen molar-refractivity contribution in [2.75, 3.05) is 20.2 Å². The topological polar surface area (TPSA) is 61.8 Å². The number of hydrogen-bond donors (Lipinski definition) is 2. The van der Waals surface area contributed by atoms with E-state index >= 15 is 0 Å². The molecule has 1 aromatic carbocycles. The summed E-state index contributed by atoms with van der Waals surface area (Å²) in [4.78, 5) is 12.8. The molecule has 0 spiro atoms. The van der Waals surface area contributed by atoms with E-state index in [-0.39, 0.29) is 6.04 Å². The number of aliphatic imine (C=N–C) groups is 2. The van der Waals surface area contributed by atoms with Gasteiger partial charge in [-0.05, 0) is 85.5 Å². The predicted octanol–water partition coefficient (Wildman–Crippen LogP) is 5.71. The Balaban J connectivity index is 1.61. The zero-order chi connectivity index (χ0) is 22.1. The van der Waals surface area contributed by atoms with Gasteiger partial charge in [-0.1, -0.05) is 26.0 Å². The standard InChI is InChI=1S/C27H34N4O/c1-17(2)26-22-13-19(18-9-11-28-12-10-18)7-8-23(22)31-27(26)20-5-4-6-21-15-24(30-16-29-21)25(14-20)32-3/h5,7-8,13-14,16-18,21,28,31H,4,6,9-12,15H2,1-3H3/b20-5+,25-14+. The Kier molecular flexibility index (Phi) is 6.01. The summed E-state index contributed by atoms with van der Waals surface area (Å²) in [6.45, 7) is 6.82. The number of nitrogens with one attached hydrogen (secondary N) is 2. The first-order valence-corrected chi connectivity index (χ1v) is 12.0. The first-order valence-electron chi connectivity index (χ1n) is 12.0. The molecule has 3 heterocycles. The average molecular weight is 431 g/mol. The number of allylic oxidation sites excluding steroid dienone is 4. The highest BCUT2D eigenvalue weighted by Gasteiger charge is 2.23. The monoisotopic (exact) mass is 430 g/mol. The summed E-state index contributed by atoms with van der Waals surface area (Å²) >= 11 is 0. The van der Waals surface area contributed by atoms with Crippen molar-refractivity contribution < 1.29 is 4.74 Å². The molecule has 0 saturated carbocycles. The Labute approximate surface area is 190 Å². The third-order valence-electron chi connectivity index (χ3n) is 7.11. The summed E-state index contributed by atoms with van der Waals surface area (Å²) < 4.78 is 5.80. The van der Waals surface area contributed by atoms with Gasteiger partial charge in [-0.3, -0.25) is 4.99 Å². The summed E-state index contributed by atoms with van der Waals surface area (Å²) in [6, 6.07) is 7.34. The van der Waals surface area contributed by atoms with Gasteiger partial charge in [-0.2, -0.15) is 0 Å². The number of nitrogens with zero attached hydrogens (tertiary/aromatic N) is 2. The molecule has 2 bridgehead atoms. The number of H-pyrrole nitrogens is 1. The number of benzene rings is 1. The van der Waals surface area contributed by atoms with Gasteiger partial charge in [-0.25, -0.2) is 4.99 Å². The van der Waals surface area contributed by atoms with Gasteiger partial charge in [0.25, 0.3) is 0 Å². The fraction of sp³-hybridized carbons (Fsp3) is 0.481. The molecule has 1 fully saturated rings. The van der Waals surface area contributed by atoms with Gasteiger partial charge in [0.1, 0.15) is 12.1 Å². The second-order valence-electron chi connectivity index (χ2n) is 9.55. The summed E-state index contributed by atoms with van der Waals surface area (Å²) in [5.41, 5.74) is 7.49. The molecule has 1 atom stereocenters. The summed E-state index contributed by atoms with van der Waals surface area (Å²) in [7, 11) is 1.74. The SMILES string of the molecule is CO/C1=C/C(c2[nH]c3ccc(C4CCNCC4)cc3c2C(C)C)=C\CCC2CC1=NC=N2. The molecule has 2 aromatic rings. The first-order chi connectivity index (χ1) is 15.6. The van der Waals surface area contributed by atoms with Crippen LogP contribution in [0.2, 0.25) is 0 Å². The van der Waals surface area contributed by atoms with Crippen molar-refractivity contribution in [1.29, 1.82) is 0 Å². The van der Waals surface area contributed by atoms with Crippen molar-refractivity contribution in [2.45, 2.75) is 63.8 Å². The van der Waals surface area contributed by atoms with Crippen LogP contribution in [0.3, 0.4) is 0 Å². The number of methoxy groups -OCH3 is 1. The smallest absolute Gasteiger partial charge is 0.141 e. The Morgan fingerprint density at radius 2 is 1.97 bits per heavy atom. The number of fused-ring (bicyclic) bond motifs is 3. The van der Waals surface area contributed by atoms with Crippen LogP contribution < -0.4 is 5.32 Å². The maximum atomic E-state index is 5.80. The van der Waals surface area contributed by atoms with E-state index < -0.39 is 0 Å². The lowest BCUT2D eigenvalue weighted by molar-refractivity contribution is 0.313. The molecule has 1 unspecified atom stereocenters. The molecule has 1 aliphatic carbocycles. The highest BCUT2D eigenvalue weighted by atomic mass is 16.5. The minimum Gasteiger partial charge on any atom is -0.495 e. The quantitative estimate of drug-likeness (QED) is 0.653. The first kappa shape index (κ1) is 21.2. The van der Waals surface area contributed by atoms with E-state index in [1.165, 1.54) is 46.1 Å². The van der Waals surface area contributed by atoms with E-state index in [4.69, 9.17) is 4.74 Å². The molecule has 1 saturated heterocycles. The lowest BCUT2D eigenvalue weighted by Crippen LogP contribution is -2.26. The van der Waals surface area contributed by atoms with Crippen LogP contribution in [0.25, 0.3) is 16.5 Å². The highest BCUT2D eigenvalue weighted by molar-refractivity contribution is 6.05. The fourth-order valence-electron chi connectivity index (χ4n) is 5.40. The van der Waals surface area contributed by atoms with Crippen molar-refractivity contribution >= 4 is 28.5 Å². The second-order valence-corrected chi connectivity index (χ2v) is 9.55. The minimum absolute atomic E-state index is 0.288. The second kappa shape index (κ2) is 9.07. The third-order valence-corrected chi connectivity index (χ3v) is 7.11. The molecule has 2 aliphatic heterocycles. The van der Waals surface area contributed by atoms with Crippen LogP contribution in [-0.4, -0.2) is 43.3 Å². The van der Waals surface area contributed by atoms with Crippen molar-refractivity contribution in [3.8, 4) is 0 Å². The number of ether oxygens (including phenoxy) is 1. The minimum atomic E-state index is 0.288. The van der Waals surface area contributed by atoms with Gasteiger partial charge in [-0.15, -0.1) is 0 Å². The maximum absolute atomic E-state index is 5.80. The van der Waals surface area contributed by atoms with Crippen LogP contribution in [0.1, 0.15) is 74.6 Å². The summed E-state index contributed by atoms with van der Waals surface area (Å²) in [5.74, 6) is 1.91. The predicted molar refractivity (Wildman–Crippen MR) is 134 cm³/mol. The molecule has 0 radical (unpaired) electrons. The number of rotatable bonds is 4. The van der Waals surface area contributed by atoms with Gasteiger partial charge in [0, 0.05) is 23.0 Å². The van der Waals surface area contributed by atoms with Crippen molar-refractivity contribution in [3.05, 3.63) is 52.9 Å². The zero-order valence-corrected chi connectivity index (χ0v) is 19.4. The fourth-order valence-corrected chi connectivity index (χ4v) is 5.40. The summed E-state index contributed by atoms with van der Waals surface area (Å²) in [5, 5.41) is 4.85. The van der Waals surface area contributed by atoms with Crippen LogP contribution in [0.5, 0.6) is 0 Å². The number of aromatic nitrogens is 1. The average Bonchev–Trinajstić information content (AvgIpc) is 3.22. The Hall–Kier alpha value is -2.66. The van der Waals surface area contributed by atoms with Crippen molar-refractivity contribution in [3.63, 3.8) is 0 Å². The normalized spacial score (nSPS) is 25.4. The van der Waals surface area contributed by atoms with E-state index in [9.17, 15) is 0 Å². The van der Waals surface area contributed by atoms with Gasteiger partial charge in [0.2, 0.25) is 0 Å². The zero-order valence-electron chi connectivity index (χ0n) is 19.4. The van der Waals surface area contributed by atoms with Gasteiger partial charge in [0.15, 0.2) is 0 Å². The van der Waals surface area contributed by atoms with Crippen LogP contribution in [0.4, 0.5) is 0 Å². The van der Waals surface area contributed by atoms with Gasteiger partial charge >= 0.3 is 0 Å². The van der Waals surface area contributed by atoms with Gasteiger partial charge < -0.3 is 15.0 Å². The van der Waals surface area contributed by atoms with Crippen molar-refractivity contribution in [2.24, 2.45) is 9.98 Å². The Morgan fingerprint density at radius 1 is 1.12 bits per heavy atom. The molecular formula is C27H34N4O. The van der Waals surface area contributed by atoms with Crippen LogP contribution in [0, 0.1) is 0 Å². The van der Waals surface area contributed by atoms with Gasteiger partial charge in [0.05, 0.1) is 18.9 Å². The van der Waals surface area contributed by atoms with Crippen molar-refractivity contribution in [1.82, 2.24) is 10.3 Å². The lowest BCUT2D eigenvalue weighted by atomic mass is 9.88. The number of aromatic amines is 1. The summed E-state index contributed by atoms with van der Waals surface area (Å²) in [6.07, 6.45) is 11.5.